The van der Waals surface area contributed by atoms with Crippen LogP contribution in [0.1, 0.15) is 24.8 Å². The van der Waals surface area contributed by atoms with Crippen molar-refractivity contribution in [2.75, 3.05) is 52.6 Å². The molecule has 3 rings (SSSR count). The summed E-state index contributed by atoms with van der Waals surface area (Å²) in [5, 5.41) is 10.4. The number of aromatic nitrogens is 2. The minimum atomic E-state index is 0.271. The summed E-state index contributed by atoms with van der Waals surface area (Å²) >= 11 is 1.57. The van der Waals surface area contributed by atoms with Gasteiger partial charge < -0.3 is 10.0 Å². The summed E-state index contributed by atoms with van der Waals surface area (Å²) in [7, 11) is 2.21. The van der Waals surface area contributed by atoms with Gasteiger partial charge in [-0.05, 0) is 45.7 Å². The number of aliphatic hydroxyl groups excluding tert-OH is 1. The number of nitrogens with zero attached hydrogens (tertiary/aromatic N) is 5. The number of piperazine rings is 1. The lowest BCUT2D eigenvalue weighted by atomic mass is 9.98. The maximum Gasteiger partial charge on any atom is 0.187 e. The summed E-state index contributed by atoms with van der Waals surface area (Å²) in [6.07, 6.45) is 9.26. The molecule has 1 N–H and O–H groups in total. The first-order valence-electron chi connectivity index (χ1n) is 9.32. The lowest BCUT2D eigenvalue weighted by Crippen LogP contribution is -2.58. The Morgan fingerprint density at radius 1 is 1.16 bits per heavy atom. The van der Waals surface area contributed by atoms with Crippen molar-refractivity contribution in [3.05, 3.63) is 18.0 Å². The van der Waals surface area contributed by atoms with Gasteiger partial charge in [0.1, 0.15) is 0 Å². The molecule has 0 amide bonds. The molecular weight excluding hydrogens is 334 g/mol. The van der Waals surface area contributed by atoms with Crippen LogP contribution in [0, 0.1) is 0 Å². The van der Waals surface area contributed by atoms with Crippen LogP contribution in [0.3, 0.4) is 0 Å². The van der Waals surface area contributed by atoms with Gasteiger partial charge in [-0.15, -0.1) is 0 Å². The Morgan fingerprint density at radius 3 is 2.52 bits per heavy atom. The molecule has 1 aromatic rings. The fraction of sp³-hybridized carbons (Fsp3) is 0.778. The summed E-state index contributed by atoms with van der Waals surface area (Å²) in [5.74, 6) is 0. The van der Waals surface area contributed by atoms with Crippen molar-refractivity contribution in [1.82, 2.24) is 24.7 Å². The molecule has 0 saturated carbocycles. The minimum absolute atomic E-state index is 0.271. The van der Waals surface area contributed by atoms with Crippen LogP contribution in [-0.4, -0.2) is 94.5 Å². The normalized spacial score (nSPS) is 24.7. The maximum atomic E-state index is 9.53. The Bertz CT molecular complexity index is 521. The van der Waals surface area contributed by atoms with Crippen LogP contribution in [0.5, 0.6) is 0 Å². The molecule has 2 fully saturated rings. The molecule has 0 aromatic carbocycles. The van der Waals surface area contributed by atoms with E-state index in [1.54, 1.807) is 11.8 Å². The zero-order valence-corrected chi connectivity index (χ0v) is 16.3. The van der Waals surface area contributed by atoms with Crippen molar-refractivity contribution in [3.8, 4) is 0 Å². The molecular formula is C18H31N5OS. The Morgan fingerprint density at radius 2 is 1.88 bits per heavy atom. The monoisotopic (exact) mass is 365 g/mol. The summed E-state index contributed by atoms with van der Waals surface area (Å²) < 4.78 is 0. The molecule has 0 spiro atoms. The van der Waals surface area contributed by atoms with Crippen molar-refractivity contribution < 1.29 is 5.11 Å². The fourth-order valence-corrected chi connectivity index (χ4v) is 4.40. The molecule has 3 heterocycles. The highest BCUT2D eigenvalue weighted by Gasteiger charge is 2.33. The van der Waals surface area contributed by atoms with Crippen LogP contribution >= 0.6 is 11.8 Å². The van der Waals surface area contributed by atoms with Crippen LogP contribution in [0.25, 0.3) is 0 Å². The molecule has 0 radical (unpaired) electrons. The number of hydrogen-bond donors (Lipinski definition) is 1. The quantitative estimate of drug-likeness (QED) is 0.600. The molecule has 2 saturated heterocycles. The third kappa shape index (κ3) is 5.14. The largest absolute Gasteiger partial charge is 0.396 e. The maximum absolute atomic E-state index is 9.53. The van der Waals surface area contributed by atoms with Crippen LogP contribution in [-0.2, 0) is 6.54 Å². The Labute approximate surface area is 155 Å². The van der Waals surface area contributed by atoms with Gasteiger partial charge in [-0.1, -0.05) is 11.8 Å². The Kier molecular flexibility index (Phi) is 7.07. The van der Waals surface area contributed by atoms with E-state index in [-0.39, 0.29) is 6.61 Å². The van der Waals surface area contributed by atoms with Gasteiger partial charge in [-0.25, -0.2) is 9.97 Å². The topological polar surface area (TPSA) is 55.7 Å². The van der Waals surface area contributed by atoms with E-state index in [0.29, 0.717) is 12.1 Å². The van der Waals surface area contributed by atoms with Crippen molar-refractivity contribution in [3.63, 3.8) is 0 Å². The highest BCUT2D eigenvalue weighted by atomic mass is 32.2. The van der Waals surface area contributed by atoms with E-state index < -0.39 is 0 Å². The molecule has 25 heavy (non-hydrogen) atoms. The molecule has 7 heteroatoms. The lowest BCUT2D eigenvalue weighted by Gasteiger charge is -2.47. The van der Waals surface area contributed by atoms with E-state index >= 15 is 0 Å². The lowest BCUT2D eigenvalue weighted by molar-refractivity contribution is 0.00593. The van der Waals surface area contributed by atoms with Crippen LogP contribution < -0.4 is 0 Å². The standard InChI is InChI=1S/C18H31N5OS/c1-21-6-3-16(4-7-21)23-9-8-22(14-17(23)5-10-24)13-15-11-19-18(25-2)20-12-15/h11-12,16-17,24H,3-10,13-14H2,1-2H3. The number of rotatable bonds is 6. The summed E-state index contributed by atoms with van der Waals surface area (Å²) in [6.45, 7) is 6.76. The first-order valence-corrected chi connectivity index (χ1v) is 10.5. The second kappa shape index (κ2) is 9.28. The van der Waals surface area contributed by atoms with Gasteiger partial charge in [0.25, 0.3) is 0 Å². The number of thioether (sulfide) groups is 1. The number of aliphatic hydroxyl groups is 1. The van der Waals surface area contributed by atoms with Gasteiger partial charge in [0, 0.05) is 62.8 Å². The molecule has 2 aliphatic heterocycles. The van der Waals surface area contributed by atoms with Crippen LogP contribution in [0.4, 0.5) is 0 Å². The average molecular weight is 366 g/mol. The van der Waals surface area contributed by atoms with Crippen LogP contribution in [0.15, 0.2) is 17.6 Å². The van der Waals surface area contributed by atoms with E-state index in [2.05, 4.69) is 31.7 Å². The Balaban J connectivity index is 1.58. The SMILES string of the molecule is CSc1ncc(CN2CCN(C3CCN(C)CC3)C(CCO)C2)cn1. The van der Waals surface area contributed by atoms with Gasteiger partial charge in [-0.2, -0.15) is 0 Å². The van der Waals surface area contributed by atoms with E-state index in [1.165, 1.54) is 31.5 Å². The first-order chi connectivity index (χ1) is 12.2. The number of piperidine rings is 1. The zero-order chi connectivity index (χ0) is 17.6. The van der Waals surface area contributed by atoms with E-state index in [9.17, 15) is 5.11 Å². The van der Waals surface area contributed by atoms with Gasteiger partial charge >= 0.3 is 0 Å². The van der Waals surface area contributed by atoms with Crippen molar-refractivity contribution in [2.24, 2.45) is 0 Å². The predicted molar refractivity (Wildman–Crippen MR) is 102 cm³/mol. The summed E-state index contributed by atoms with van der Waals surface area (Å²) in [5.41, 5.74) is 1.17. The molecule has 1 atom stereocenters. The van der Waals surface area contributed by atoms with E-state index in [1.807, 2.05) is 18.6 Å². The number of likely N-dealkylation sites (tertiary alicyclic amines) is 1. The molecule has 1 unspecified atom stereocenters. The summed E-state index contributed by atoms with van der Waals surface area (Å²) in [4.78, 5) is 16.4. The second-order valence-corrected chi connectivity index (χ2v) is 8.02. The molecule has 2 aliphatic rings. The van der Waals surface area contributed by atoms with Gasteiger partial charge in [-0.3, -0.25) is 9.80 Å². The van der Waals surface area contributed by atoms with Gasteiger partial charge in [0.15, 0.2) is 5.16 Å². The fourth-order valence-electron chi connectivity index (χ4n) is 4.08. The minimum Gasteiger partial charge on any atom is -0.396 e. The summed E-state index contributed by atoms with van der Waals surface area (Å²) in [6, 6.07) is 1.14. The third-order valence-electron chi connectivity index (χ3n) is 5.50. The smallest absolute Gasteiger partial charge is 0.187 e. The van der Waals surface area contributed by atoms with Gasteiger partial charge in [0.05, 0.1) is 0 Å². The second-order valence-electron chi connectivity index (χ2n) is 7.25. The van der Waals surface area contributed by atoms with Crippen molar-refractivity contribution in [2.45, 2.75) is 43.0 Å². The molecule has 6 nitrogen and oxygen atoms in total. The van der Waals surface area contributed by atoms with E-state index in [4.69, 9.17) is 0 Å². The highest BCUT2D eigenvalue weighted by Crippen LogP contribution is 2.23. The van der Waals surface area contributed by atoms with Gasteiger partial charge in [0.2, 0.25) is 0 Å². The Hall–Kier alpha value is -0.730. The van der Waals surface area contributed by atoms with E-state index in [0.717, 1.165) is 37.8 Å². The van der Waals surface area contributed by atoms with Crippen molar-refractivity contribution >= 4 is 11.8 Å². The average Bonchev–Trinajstić information content (AvgIpc) is 2.64. The molecule has 0 aliphatic carbocycles. The number of hydrogen-bond acceptors (Lipinski definition) is 7. The first kappa shape index (κ1) is 19.0. The third-order valence-corrected chi connectivity index (χ3v) is 6.08. The zero-order valence-electron chi connectivity index (χ0n) is 15.5. The molecule has 140 valence electrons. The van der Waals surface area contributed by atoms with Crippen LogP contribution in [0.2, 0.25) is 0 Å². The molecule has 1 aromatic heterocycles. The predicted octanol–water partition coefficient (Wildman–Crippen LogP) is 1.16. The van der Waals surface area contributed by atoms with Crippen molar-refractivity contribution in [1.29, 1.82) is 0 Å². The highest BCUT2D eigenvalue weighted by molar-refractivity contribution is 7.98. The molecule has 0 bridgehead atoms.